The van der Waals surface area contributed by atoms with Crippen LogP contribution in [0.15, 0.2) is 34.9 Å². The van der Waals surface area contributed by atoms with E-state index >= 15 is 0 Å². The number of benzene rings is 1. The summed E-state index contributed by atoms with van der Waals surface area (Å²) < 4.78 is 0.378. The molecule has 1 aromatic heterocycles. The van der Waals surface area contributed by atoms with E-state index in [0.29, 0.717) is 16.0 Å². The number of nitrogens with one attached hydrogen (secondary N) is 1. The highest BCUT2D eigenvalue weighted by Crippen LogP contribution is 2.28. The highest BCUT2D eigenvalue weighted by molar-refractivity contribution is 9.10. The van der Waals surface area contributed by atoms with Crippen LogP contribution < -0.4 is 5.32 Å². The minimum absolute atomic E-state index is 0.0558. The third-order valence-electron chi connectivity index (χ3n) is 2.50. The molecule has 1 heterocycles. The molecule has 0 radical (unpaired) electrons. The predicted octanol–water partition coefficient (Wildman–Crippen LogP) is 3.85. The fourth-order valence-electron chi connectivity index (χ4n) is 1.52. The molecule has 2 rings (SSSR count). The van der Waals surface area contributed by atoms with Gasteiger partial charge in [-0.2, -0.15) is 0 Å². The number of aromatic carboxylic acids is 1. The normalized spacial score (nSPS) is 10.2. The lowest BCUT2D eigenvalue weighted by Gasteiger charge is -2.08. The topological polar surface area (TPSA) is 105 Å². The third-order valence-corrected chi connectivity index (χ3v) is 3.43. The Bertz CT molecular complexity index is 738. The number of anilines is 2. The molecule has 0 aliphatic heterocycles. The quantitative estimate of drug-likeness (QED) is 0.624. The van der Waals surface area contributed by atoms with Gasteiger partial charge in [-0.05, 0) is 34.1 Å². The second-order valence-electron chi connectivity index (χ2n) is 3.91. The van der Waals surface area contributed by atoms with Gasteiger partial charge in [0.05, 0.1) is 20.0 Å². The van der Waals surface area contributed by atoms with Crippen molar-refractivity contribution in [3.8, 4) is 0 Å². The van der Waals surface area contributed by atoms with Crippen LogP contribution in [0.25, 0.3) is 0 Å². The van der Waals surface area contributed by atoms with E-state index < -0.39 is 10.9 Å². The first kappa shape index (κ1) is 15.2. The van der Waals surface area contributed by atoms with Crippen molar-refractivity contribution in [1.29, 1.82) is 0 Å². The van der Waals surface area contributed by atoms with Crippen molar-refractivity contribution in [1.82, 2.24) is 4.98 Å². The molecule has 0 saturated heterocycles. The number of hydrogen-bond donors (Lipinski definition) is 2. The number of carboxylic acid groups (broad SMARTS) is 1. The van der Waals surface area contributed by atoms with E-state index in [4.69, 9.17) is 16.7 Å². The number of nitro groups is 1. The number of pyridine rings is 1. The Morgan fingerprint density at radius 2 is 2.14 bits per heavy atom. The molecule has 2 aromatic rings. The van der Waals surface area contributed by atoms with Crippen LogP contribution >= 0.6 is 27.5 Å². The Morgan fingerprint density at radius 1 is 1.43 bits per heavy atom. The van der Waals surface area contributed by atoms with E-state index in [1.54, 1.807) is 6.07 Å². The fourth-order valence-corrected chi connectivity index (χ4v) is 2.16. The summed E-state index contributed by atoms with van der Waals surface area (Å²) in [4.78, 5) is 25.0. The Labute approximate surface area is 131 Å². The number of rotatable bonds is 4. The van der Waals surface area contributed by atoms with Crippen LogP contribution in [0.3, 0.4) is 0 Å². The first-order chi connectivity index (χ1) is 9.88. The molecule has 0 fully saturated rings. The van der Waals surface area contributed by atoms with Gasteiger partial charge >= 0.3 is 5.97 Å². The SMILES string of the molecule is O=C(O)c1cc(Nc2ncc([N+](=O)[O-])cc2Br)ccc1Cl. The zero-order valence-electron chi connectivity index (χ0n) is 10.2. The number of hydrogen-bond acceptors (Lipinski definition) is 5. The van der Waals surface area contributed by atoms with Gasteiger partial charge in [-0.1, -0.05) is 11.6 Å². The summed E-state index contributed by atoms with van der Waals surface area (Å²) in [5.74, 6) is -0.835. The monoisotopic (exact) mass is 371 g/mol. The van der Waals surface area contributed by atoms with Crippen LogP contribution in [0.4, 0.5) is 17.2 Å². The zero-order chi connectivity index (χ0) is 15.6. The standard InChI is InChI=1S/C12H7BrClN3O4/c13-9-4-7(17(20)21)5-15-11(9)16-6-1-2-10(14)8(3-6)12(18)19/h1-5H,(H,15,16)(H,18,19). The maximum Gasteiger partial charge on any atom is 0.337 e. The Morgan fingerprint density at radius 3 is 2.71 bits per heavy atom. The van der Waals surface area contributed by atoms with Crippen molar-refractivity contribution in [3.63, 3.8) is 0 Å². The zero-order valence-corrected chi connectivity index (χ0v) is 12.6. The summed E-state index contributed by atoms with van der Waals surface area (Å²) in [7, 11) is 0. The van der Waals surface area contributed by atoms with Gasteiger partial charge in [0, 0.05) is 11.8 Å². The van der Waals surface area contributed by atoms with Crippen LogP contribution in [0.1, 0.15) is 10.4 Å². The third kappa shape index (κ3) is 3.47. The average Bonchev–Trinajstić information content (AvgIpc) is 2.42. The molecule has 7 nitrogen and oxygen atoms in total. The van der Waals surface area contributed by atoms with Crippen LogP contribution in [0.5, 0.6) is 0 Å². The largest absolute Gasteiger partial charge is 0.478 e. The molecule has 0 amide bonds. The highest BCUT2D eigenvalue weighted by Gasteiger charge is 2.13. The Kier molecular flexibility index (Phi) is 4.39. The van der Waals surface area contributed by atoms with Gasteiger partial charge in [-0.15, -0.1) is 0 Å². The Hall–Kier alpha value is -2.19. The molecule has 1 aromatic carbocycles. The number of carboxylic acids is 1. The molecule has 0 bridgehead atoms. The molecule has 21 heavy (non-hydrogen) atoms. The molecular weight excluding hydrogens is 366 g/mol. The predicted molar refractivity (Wildman–Crippen MR) is 80.3 cm³/mol. The molecule has 2 N–H and O–H groups in total. The minimum atomic E-state index is -1.15. The van der Waals surface area contributed by atoms with E-state index in [0.717, 1.165) is 6.20 Å². The van der Waals surface area contributed by atoms with Crippen LogP contribution in [0.2, 0.25) is 5.02 Å². The van der Waals surface area contributed by atoms with Crippen molar-refractivity contribution in [2.75, 3.05) is 5.32 Å². The van der Waals surface area contributed by atoms with Crippen LogP contribution in [-0.4, -0.2) is 21.0 Å². The summed E-state index contributed by atoms with van der Waals surface area (Å²) in [5, 5.41) is 22.6. The molecule has 0 atom stereocenters. The summed E-state index contributed by atoms with van der Waals surface area (Å²) in [6, 6.07) is 5.65. The minimum Gasteiger partial charge on any atom is -0.478 e. The van der Waals surface area contributed by atoms with E-state index in [1.165, 1.54) is 18.2 Å². The highest BCUT2D eigenvalue weighted by atomic mass is 79.9. The van der Waals surface area contributed by atoms with Gasteiger partial charge in [-0.3, -0.25) is 10.1 Å². The molecule has 0 saturated carbocycles. The van der Waals surface area contributed by atoms with Crippen molar-refractivity contribution in [2.24, 2.45) is 0 Å². The number of aromatic nitrogens is 1. The molecule has 108 valence electrons. The van der Waals surface area contributed by atoms with Crippen LogP contribution in [-0.2, 0) is 0 Å². The number of halogens is 2. The van der Waals surface area contributed by atoms with Crippen molar-refractivity contribution in [2.45, 2.75) is 0 Å². The molecular formula is C12H7BrClN3O4. The van der Waals surface area contributed by atoms with E-state index in [9.17, 15) is 14.9 Å². The van der Waals surface area contributed by atoms with Crippen molar-refractivity contribution in [3.05, 3.63) is 55.6 Å². The number of carbonyl (C=O) groups is 1. The van der Waals surface area contributed by atoms with Gasteiger partial charge in [0.25, 0.3) is 5.69 Å². The first-order valence-electron chi connectivity index (χ1n) is 5.48. The van der Waals surface area contributed by atoms with Crippen LogP contribution in [0, 0.1) is 10.1 Å². The summed E-state index contributed by atoms with van der Waals surface area (Å²) in [6.07, 6.45) is 1.10. The van der Waals surface area contributed by atoms with E-state index in [-0.39, 0.29) is 16.3 Å². The van der Waals surface area contributed by atoms with E-state index in [1.807, 2.05) is 0 Å². The van der Waals surface area contributed by atoms with Gasteiger partial charge < -0.3 is 10.4 Å². The van der Waals surface area contributed by atoms with Gasteiger partial charge in [0.1, 0.15) is 12.0 Å². The van der Waals surface area contributed by atoms with E-state index in [2.05, 4.69) is 26.2 Å². The molecule has 0 aliphatic rings. The summed E-state index contributed by atoms with van der Waals surface area (Å²) in [6.45, 7) is 0. The molecule has 0 unspecified atom stereocenters. The number of nitrogens with zero attached hydrogens (tertiary/aromatic N) is 2. The van der Waals surface area contributed by atoms with Gasteiger partial charge in [-0.25, -0.2) is 9.78 Å². The van der Waals surface area contributed by atoms with Crippen molar-refractivity contribution >= 4 is 50.7 Å². The summed E-state index contributed by atoms with van der Waals surface area (Å²) in [5.41, 5.74) is 0.230. The maximum absolute atomic E-state index is 11.0. The average molecular weight is 373 g/mol. The van der Waals surface area contributed by atoms with Gasteiger partial charge in [0.2, 0.25) is 0 Å². The second kappa shape index (κ2) is 6.06. The smallest absolute Gasteiger partial charge is 0.337 e. The lowest BCUT2D eigenvalue weighted by molar-refractivity contribution is -0.385. The molecule has 0 aliphatic carbocycles. The van der Waals surface area contributed by atoms with Crippen molar-refractivity contribution < 1.29 is 14.8 Å². The Balaban J connectivity index is 2.32. The second-order valence-corrected chi connectivity index (χ2v) is 5.17. The lowest BCUT2D eigenvalue weighted by atomic mass is 10.2. The first-order valence-corrected chi connectivity index (χ1v) is 6.65. The maximum atomic E-state index is 11.0. The molecule has 0 spiro atoms. The molecule has 9 heteroatoms. The lowest BCUT2D eigenvalue weighted by Crippen LogP contribution is -2.01. The summed E-state index contributed by atoms with van der Waals surface area (Å²) >= 11 is 8.94. The van der Waals surface area contributed by atoms with Gasteiger partial charge in [0.15, 0.2) is 0 Å². The fraction of sp³-hybridized carbons (Fsp3) is 0.